The Bertz CT molecular complexity index is 983. The Morgan fingerprint density at radius 2 is 1.48 bits per heavy atom. The third-order valence-electron chi connectivity index (χ3n) is 3.87. The van der Waals surface area contributed by atoms with Gasteiger partial charge in [-0.25, -0.2) is 8.42 Å². The SMILES string of the molecule is COS(=O)(=O)[O-].Cn1c(-c2cccc(Cl)c2)cc(-c2cccc(Cl)c2)[n+]1C. The van der Waals surface area contributed by atoms with Gasteiger partial charge in [-0.2, -0.15) is 4.68 Å². The summed E-state index contributed by atoms with van der Waals surface area (Å²) in [5, 5.41) is 1.47. The van der Waals surface area contributed by atoms with Gasteiger partial charge in [0.2, 0.25) is 16.1 Å². The third-order valence-corrected chi connectivity index (χ3v) is 4.74. The quantitative estimate of drug-likeness (QED) is 0.362. The molecule has 9 heteroatoms. The predicted molar refractivity (Wildman–Crippen MR) is 104 cm³/mol. The van der Waals surface area contributed by atoms with Crippen LogP contribution in [0.2, 0.25) is 10.0 Å². The van der Waals surface area contributed by atoms with E-state index in [1.165, 1.54) is 0 Å². The van der Waals surface area contributed by atoms with E-state index < -0.39 is 10.4 Å². The van der Waals surface area contributed by atoms with Crippen molar-refractivity contribution in [3.8, 4) is 22.5 Å². The topological polar surface area (TPSA) is 75.2 Å². The summed E-state index contributed by atoms with van der Waals surface area (Å²) in [6.45, 7) is 0. The fourth-order valence-corrected chi connectivity index (χ4v) is 2.86. The number of rotatable bonds is 3. The van der Waals surface area contributed by atoms with Crippen molar-refractivity contribution in [3.05, 3.63) is 64.6 Å². The molecule has 0 bridgehead atoms. The Morgan fingerprint density at radius 3 is 1.96 bits per heavy atom. The molecule has 0 radical (unpaired) electrons. The maximum atomic E-state index is 9.22. The smallest absolute Gasteiger partial charge is 0.238 e. The summed E-state index contributed by atoms with van der Waals surface area (Å²) in [5.41, 5.74) is 4.40. The highest BCUT2D eigenvalue weighted by Gasteiger charge is 2.20. The monoisotopic (exact) mass is 428 g/mol. The van der Waals surface area contributed by atoms with Gasteiger partial charge in [-0.15, -0.1) is 4.68 Å². The van der Waals surface area contributed by atoms with Crippen molar-refractivity contribution in [2.24, 2.45) is 14.1 Å². The summed E-state index contributed by atoms with van der Waals surface area (Å²) in [4.78, 5) is 0. The zero-order valence-electron chi connectivity index (χ0n) is 14.9. The van der Waals surface area contributed by atoms with Gasteiger partial charge in [0.25, 0.3) is 0 Å². The molecule has 27 heavy (non-hydrogen) atoms. The highest BCUT2D eigenvalue weighted by atomic mass is 35.5. The first-order valence-electron chi connectivity index (χ1n) is 7.71. The van der Waals surface area contributed by atoms with E-state index in [9.17, 15) is 13.0 Å². The molecule has 0 aliphatic rings. The lowest BCUT2D eigenvalue weighted by Gasteiger charge is -2.00. The number of benzene rings is 2. The zero-order valence-corrected chi connectivity index (χ0v) is 17.2. The van der Waals surface area contributed by atoms with Crippen LogP contribution in [0.4, 0.5) is 0 Å². The second kappa shape index (κ2) is 8.86. The molecule has 0 saturated heterocycles. The number of halogens is 2. The van der Waals surface area contributed by atoms with Crippen LogP contribution in [0.1, 0.15) is 0 Å². The molecule has 0 fully saturated rings. The fourth-order valence-electron chi connectivity index (χ4n) is 2.48. The standard InChI is InChI=1S/C17H15Cl2N2.CH4O4S/c1-20-16(12-5-3-7-14(18)9-12)11-17(21(20)2)13-6-4-8-15(19)10-13;1-5-6(2,3)4/h3-11H,1-2H3;1H3,(H,2,3,4)/q+1;/p-1. The van der Waals surface area contributed by atoms with Crippen LogP contribution >= 0.6 is 23.2 Å². The zero-order chi connectivity index (χ0) is 20.2. The Kier molecular flexibility index (Phi) is 7.02. The molecule has 1 aromatic heterocycles. The van der Waals surface area contributed by atoms with Crippen LogP contribution < -0.4 is 4.68 Å². The lowest BCUT2D eigenvalue weighted by Crippen LogP contribution is -2.39. The van der Waals surface area contributed by atoms with E-state index in [0.29, 0.717) is 0 Å². The normalized spacial score (nSPS) is 11.0. The van der Waals surface area contributed by atoms with Crippen LogP contribution in [0.5, 0.6) is 0 Å². The highest BCUT2D eigenvalue weighted by Crippen LogP contribution is 2.27. The Balaban J connectivity index is 0.000000380. The van der Waals surface area contributed by atoms with Gasteiger partial charge >= 0.3 is 0 Å². The van der Waals surface area contributed by atoms with Gasteiger partial charge in [0.1, 0.15) is 5.69 Å². The van der Waals surface area contributed by atoms with Gasteiger partial charge in [-0.05, 0) is 30.3 Å². The molecular formula is C18H18Cl2N2O4S. The van der Waals surface area contributed by atoms with Gasteiger partial charge in [0.05, 0.1) is 19.7 Å². The molecule has 3 aromatic rings. The van der Waals surface area contributed by atoms with Crippen molar-refractivity contribution in [3.63, 3.8) is 0 Å². The molecule has 0 N–H and O–H groups in total. The van der Waals surface area contributed by atoms with Gasteiger partial charge in [0.15, 0.2) is 7.05 Å². The second-order valence-corrected chi connectivity index (χ2v) is 7.58. The van der Waals surface area contributed by atoms with Crippen molar-refractivity contribution >= 4 is 33.6 Å². The Labute approximate surface area is 168 Å². The molecule has 0 aliphatic heterocycles. The largest absolute Gasteiger partial charge is 0.726 e. The molecule has 3 rings (SSSR count). The van der Waals surface area contributed by atoms with E-state index in [0.717, 1.165) is 39.7 Å². The molecule has 2 aromatic carbocycles. The minimum Gasteiger partial charge on any atom is -0.726 e. The molecule has 0 spiro atoms. The maximum absolute atomic E-state index is 9.22. The number of hydrogen-bond donors (Lipinski definition) is 0. The number of aromatic nitrogens is 2. The first kappa shape index (κ1) is 21.4. The van der Waals surface area contributed by atoms with Crippen LogP contribution in [0, 0.1) is 0 Å². The van der Waals surface area contributed by atoms with Gasteiger partial charge in [0, 0.05) is 21.7 Å². The van der Waals surface area contributed by atoms with Crippen molar-refractivity contribution in [1.29, 1.82) is 0 Å². The highest BCUT2D eigenvalue weighted by molar-refractivity contribution is 7.80. The molecule has 1 heterocycles. The van der Waals surface area contributed by atoms with Crippen molar-refractivity contribution in [2.75, 3.05) is 7.11 Å². The molecule has 6 nitrogen and oxygen atoms in total. The minimum absolute atomic E-state index is 0.737. The number of nitrogens with zero attached hydrogens (tertiary/aromatic N) is 2. The molecular weight excluding hydrogens is 411 g/mol. The van der Waals surface area contributed by atoms with Crippen LogP contribution in [0.15, 0.2) is 54.6 Å². The number of hydrogen-bond acceptors (Lipinski definition) is 4. The summed E-state index contributed by atoms with van der Waals surface area (Å²) >= 11 is 12.2. The van der Waals surface area contributed by atoms with Gasteiger partial charge in [-0.1, -0.05) is 41.4 Å². The molecule has 0 aliphatic carbocycles. The van der Waals surface area contributed by atoms with Crippen LogP contribution in [0.3, 0.4) is 0 Å². The van der Waals surface area contributed by atoms with Crippen LogP contribution in [-0.4, -0.2) is 24.8 Å². The summed E-state index contributed by atoms with van der Waals surface area (Å²) < 4.78 is 35.2. The van der Waals surface area contributed by atoms with Crippen LogP contribution in [0.25, 0.3) is 22.5 Å². The third kappa shape index (κ3) is 5.79. The Morgan fingerprint density at radius 1 is 1.00 bits per heavy atom. The first-order valence-corrected chi connectivity index (χ1v) is 9.80. The second-order valence-electron chi connectivity index (χ2n) is 5.56. The van der Waals surface area contributed by atoms with E-state index >= 15 is 0 Å². The van der Waals surface area contributed by atoms with E-state index in [1.807, 2.05) is 50.5 Å². The van der Waals surface area contributed by atoms with E-state index in [1.54, 1.807) is 0 Å². The lowest BCUT2D eigenvalue weighted by atomic mass is 10.1. The molecule has 0 atom stereocenters. The predicted octanol–water partition coefficient (Wildman–Crippen LogP) is 3.58. The molecule has 144 valence electrons. The molecule has 0 unspecified atom stereocenters. The van der Waals surface area contributed by atoms with Gasteiger partial charge < -0.3 is 4.55 Å². The van der Waals surface area contributed by atoms with E-state index in [2.05, 4.69) is 31.7 Å². The summed E-state index contributed by atoms with van der Waals surface area (Å²) in [6.07, 6.45) is 0. The van der Waals surface area contributed by atoms with Crippen LogP contribution in [-0.2, 0) is 28.7 Å². The molecule has 0 amide bonds. The van der Waals surface area contributed by atoms with Crippen molar-refractivity contribution in [1.82, 2.24) is 4.68 Å². The summed E-state index contributed by atoms with van der Waals surface area (Å²) in [5.74, 6) is 0. The van der Waals surface area contributed by atoms with Crippen molar-refractivity contribution in [2.45, 2.75) is 0 Å². The van der Waals surface area contributed by atoms with E-state index in [4.69, 9.17) is 23.2 Å². The summed E-state index contributed by atoms with van der Waals surface area (Å²) in [7, 11) is 0.460. The van der Waals surface area contributed by atoms with Crippen molar-refractivity contribution < 1.29 is 21.8 Å². The Hall–Kier alpha value is -1.90. The average Bonchev–Trinajstić information content (AvgIpc) is 2.90. The average molecular weight is 429 g/mol. The van der Waals surface area contributed by atoms with Gasteiger partial charge in [-0.3, -0.25) is 4.18 Å². The summed E-state index contributed by atoms with van der Waals surface area (Å²) in [6, 6.07) is 17.9. The first-order chi connectivity index (χ1) is 12.6. The minimum atomic E-state index is -4.41. The maximum Gasteiger partial charge on any atom is 0.238 e. The molecule has 0 saturated carbocycles. The lowest BCUT2D eigenvalue weighted by molar-refractivity contribution is -0.740. The fraction of sp³-hybridized carbons (Fsp3) is 0.167. The van der Waals surface area contributed by atoms with E-state index in [-0.39, 0.29) is 0 Å².